The van der Waals surface area contributed by atoms with Crippen LogP contribution in [0.25, 0.3) is 16.9 Å². The fraction of sp³-hybridized carbons (Fsp3) is 0.214. The summed E-state index contributed by atoms with van der Waals surface area (Å²) < 4.78 is 2.40. The molecule has 1 aliphatic carbocycles. The molecule has 0 radical (unpaired) electrons. The largest absolute Gasteiger partial charge is 0.348 e. The Labute approximate surface area is 189 Å². The molecule has 0 saturated heterocycles. The van der Waals surface area contributed by atoms with E-state index in [4.69, 9.17) is 0 Å². The molecule has 32 heavy (non-hydrogen) atoms. The fourth-order valence-electron chi connectivity index (χ4n) is 4.54. The van der Waals surface area contributed by atoms with Crippen LogP contribution in [0.4, 0.5) is 0 Å². The topological polar surface area (TPSA) is 46.9 Å². The summed E-state index contributed by atoms with van der Waals surface area (Å²) in [7, 11) is 0. The van der Waals surface area contributed by atoms with E-state index in [1.807, 2.05) is 24.3 Å². The van der Waals surface area contributed by atoms with Crippen molar-refractivity contribution in [3.8, 4) is 16.9 Å². The minimum Gasteiger partial charge on any atom is -0.348 e. The Morgan fingerprint density at radius 1 is 0.906 bits per heavy atom. The van der Waals surface area contributed by atoms with E-state index in [0.717, 1.165) is 24.1 Å². The van der Waals surface area contributed by atoms with E-state index in [9.17, 15) is 4.79 Å². The summed E-state index contributed by atoms with van der Waals surface area (Å²) in [4.78, 5) is 16.7. The van der Waals surface area contributed by atoms with Crippen LogP contribution in [0, 0.1) is 0 Å². The third-order valence-electron chi connectivity index (χ3n) is 6.19. The van der Waals surface area contributed by atoms with Crippen LogP contribution in [0.5, 0.6) is 0 Å². The monoisotopic (exact) mass is 421 g/mol. The van der Waals surface area contributed by atoms with Crippen molar-refractivity contribution < 1.29 is 4.79 Å². The van der Waals surface area contributed by atoms with Crippen molar-refractivity contribution >= 4 is 5.91 Å². The number of benzene rings is 2. The summed E-state index contributed by atoms with van der Waals surface area (Å²) in [5.41, 5.74) is 8.08. The van der Waals surface area contributed by atoms with Gasteiger partial charge in [0.15, 0.2) is 0 Å². The minimum absolute atomic E-state index is 0.0741. The number of carbonyl (C=O) groups is 1. The van der Waals surface area contributed by atoms with Gasteiger partial charge in [-0.2, -0.15) is 0 Å². The molecule has 0 atom stereocenters. The molecule has 0 saturated carbocycles. The molecular weight excluding hydrogens is 394 g/mol. The SMILES string of the molecule is O=C(NCc1cccnc1)c1ccc(-n2c(-c3ccccc3)cc3c2CCCCC3)cc1. The van der Waals surface area contributed by atoms with Gasteiger partial charge in [0.2, 0.25) is 0 Å². The molecular formula is C28H27N3O. The van der Waals surface area contributed by atoms with Gasteiger partial charge in [0.25, 0.3) is 5.91 Å². The van der Waals surface area contributed by atoms with Crippen LogP contribution in [0.2, 0.25) is 0 Å². The second-order valence-electron chi connectivity index (χ2n) is 8.35. The Balaban J connectivity index is 1.44. The van der Waals surface area contributed by atoms with Gasteiger partial charge in [-0.25, -0.2) is 0 Å². The minimum atomic E-state index is -0.0741. The lowest BCUT2D eigenvalue weighted by Crippen LogP contribution is -2.22. The van der Waals surface area contributed by atoms with Gasteiger partial charge in [0.1, 0.15) is 0 Å². The zero-order chi connectivity index (χ0) is 21.8. The van der Waals surface area contributed by atoms with Crippen LogP contribution in [0.3, 0.4) is 0 Å². The predicted molar refractivity (Wildman–Crippen MR) is 128 cm³/mol. The molecule has 2 aromatic carbocycles. The van der Waals surface area contributed by atoms with E-state index in [1.54, 1.807) is 12.4 Å². The van der Waals surface area contributed by atoms with E-state index < -0.39 is 0 Å². The Morgan fingerprint density at radius 2 is 1.72 bits per heavy atom. The average molecular weight is 422 g/mol. The lowest BCUT2D eigenvalue weighted by Gasteiger charge is -2.15. The van der Waals surface area contributed by atoms with Crippen LogP contribution in [0.15, 0.2) is 85.2 Å². The molecule has 4 heteroatoms. The first-order valence-electron chi connectivity index (χ1n) is 11.4. The number of aromatic nitrogens is 2. The zero-order valence-electron chi connectivity index (χ0n) is 18.1. The van der Waals surface area contributed by atoms with Crippen LogP contribution >= 0.6 is 0 Å². The third kappa shape index (κ3) is 4.22. The Kier molecular flexibility index (Phi) is 5.84. The van der Waals surface area contributed by atoms with Crippen molar-refractivity contribution in [2.24, 2.45) is 0 Å². The second kappa shape index (κ2) is 9.23. The van der Waals surface area contributed by atoms with E-state index >= 15 is 0 Å². The Morgan fingerprint density at radius 3 is 2.50 bits per heavy atom. The molecule has 2 heterocycles. The first kappa shape index (κ1) is 20.3. The normalized spacial score (nSPS) is 13.2. The van der Waals surface area contributed by atoms with Gasteiger partial charge in [-0.05, 0) is 78.8 Å². The van der Waals surface area contributed by atoms with E-state index in [2.05, 4.69) is 63.4 Å². The van der Waals surface area contributed by atoms with Gasteiger partial charge in [-0.1, -0.05) is 42.8 Å². The summed E-state index contributed by atoms with van der Waals surface area (Å²) in [6.07, 6.45) is 9.49. The van der Waals surface area contributed by atoms with Gasteiger partial charge in [0.05, 0.1) is 5.69 Å². The van der Waals surface area contributed by atoms with Crippen molar-refractivity contribution in [2.45, 2.75) is 38.6 Å². The smallest absolute Gasteiger partial charge is 0.251 e. The van der Waals surface area contributed by atoms with Crippen LogP contribution < -0.4 is 5.32 Å². The van der Waals surface area contributed by atoms with Crippen molar-refractivity contribution in [1.82, 2.24) is 14.9 Å². The number of hydrogen-bond donors (Lipinski definition) is 1. The molecule has 1 aliphatic rings. The summed E-state index contributed by atoms with van der Waals surface area (Å²) in [6, 6.07) is 24.8. The van der Waals surface area contributed by atoms with Gasteiger partial charge < -0.3 is 9.88 Å². The molecule has 1 amide bonds. The summed E-state index contributed by atoms with van der Waals surface area (Å²) in [5, 5.41) is 2.98. The van der Waals surface area contributed by atoms with Gasteiger partial charge in [0, 0.05) is 35.9 Å². The van der Waals surface area contributed by atoms with E-state index in [1.165, 1.54) is 41.8 Å². The van der Waals surface area contributed by atoms with Gasteiger partial charge in [-0.15, -0.1) is 0 Å². The maximum atomic E-state index is 12.6. The van der Waals surface area contributed by atoms with E-state index in [-0.39, 0.29) is 5.91 Å². The molecule has 0 bridgehead atoms. The molecule has 0 aliphatic heterocycles. The highest BCUT2D eigenvalue weighted by molar-refractivity contribution is 5.94. The van der Waals surface area contributed by atoms with Crippen molar-refractivity contribution in [1.29, 1.82) is 0 Å². The highest BCUT2D eigenvalue weighted by Gasteiger charge is 2.19. The Hall–Kier alpha value is -3.66. The number of nitrogens with one attached hydrogen (secondary N) is 1. The molecule has 4 nitrogen and oxygen atoms in total. The highest BCUT2D eigenvalue weighted by Crippen LogP contribution is 2.33. The fourth-order valence-corrected chi connectivity index (χ4v) is 4.54. The van der Waals surface area contributed by atoms with Crippen molar-refractivity contribution in [2.75, 3.05) is 0 Å². The molecule has 0 fully saturated rings. The first-order valence-corrected chi connectivity index (χ1v) is 11.4. The Bertz CT molecular complexity index is 1190. The molecule has 4 aromatic rings. The number of amides is 1. The quantitative estimate of drug-likeness (QED) is 0.418. The third-order valence-corrected chi connectivity index (χ3v) is 6.19. The van der Waals surface area contributed by atoms with Crippen LogP contribution in [-0.2, 0) is 19.4 Å². The lowest BCUT2D eigenvalue weighted by atomic mass is 10.1. The summed E-state index contributed by atoms with van der Waals surface area (Å²) in [5.74, 6) is -0.0741. The average Bonchev–Trinajstić information content (AvgIpc) is 3.06. The van der Waals surface area contributed by atoms with Crippen LogP contribution in [0.1, 0.15) is 46.4 Å². The number of pyridine rings is 1. The molecule has 0 unspecified atom stereocenters. The standard InChI is InChI=1S/C28H27N3O/c32-28(30-20-21-8-7-17-29-19-21)23-13-15-25(16-14-23)31-26-12-6-2-5-11-24(26)18-27(31)22-9-3-1-4-10-22/h1,3-4,7-10,13-19H,2,5-6,11-12,20H2,(H,30,32). The molecule has 1 N–H and O–H groups in total. The molecule has 5 rings (SSSR count). The maximum absolute atomic E-state index is 12.6. The molecule has 160 valence electrons. The number of carbonyl (C=O) groups excluding carboxylic acids is 1. The van der Waals surface area contributed by atoms with Gasteiger partial charge >= 0.3 is 0 Å². The lowest BCUT2D eigenvalue weighted by molar-refractivity contribution is 0.0951. The number of nitrogens with zero attached hydrogens (tertiary/aromatic N) is 2. The van der Waals surface area contributed by atoms with Crippen molar-refractivity contribution in [3.05, 3.63) is 108 Å². The highest BCUT2D eigenvalue weighted by atomic mass is 16.1. The van der Waals surface area contributed by atoms with Crippen molar-refractivity contribution in [3.63, 3.8) is 0 Å². The number of rotatable bonds is 5. The predicted octanol–water partition coefficient (Wildman–Crippen LogP) is 5.74. The molecule has 2 aromatic heterocycles. The maximum Gasteiger partial charge on any atom is 0.251 e. The number of fused-ring (bicyclic) bond motifs is 1. The second-order valence-corrected chi connectivity index (χ2v) is 8.35. The molecule has 0 spiro atoms. The van der Waals surface area contributed by atoms with Crippen LogP contribution in [-0.4, -0.2) is 15.5 Å². The van der Waals surface area contributed by atoms with E-state index in [0.29, 0.717) is 12.1 Å². The summed E-state index contributed by atoms with van der Waals surface area (Å²) >= 11 is 0. The van der Waals surface area contributed by atoms with Gasteiger partial charge in [-0.3, -0.25) is 9.78 Å². The number of hydrogen-bond acceptors (Lipinski definition) is 2. The number of aryl methyl sites for hydroxylation is 1. The summed E-state index contributed by atoms with van der Waals surface area (Å²) in [6.45, 7) is 0.470. The first-order chi connectivity index (χ1) is 15.8. The zero-order valence-corrected chi connectivity index (χ0v) is 18.1.